The highest BCUT2D eigenvalue weighted by Gasteiger charge is 2.03. The Morgan fingerprint density at radius 2 is 2.00 bits per heavy atom. The summed E-state index contributed by atoms with van der Waals surface area (Å²) >= 11 is 0. The lowest BCUT2D eigenvalue weighted by atomic mass is 10.2. The van der Waals surface area contributed by atoms with Gasteiger partial charge < -0.3 is 0 Å². The van der Waals surface area contributed by atoms with Crippen molar-refractivity contribution in [1.29, 1.82) is 0 Å². The van der Waals surface area contributed by atoms with Crippen LogP contribution in [0.15, 0.2) is 42.9 Å². The molecule has 1 heterocycles. The largest absolute Gasteiger partial charge is 0.248 e. The number of hydrogen-bond acceptors (Lipinski definition) is 0. The molecule has 1 aromatic carbocycles. The second kappa shape index (κ2) is 4.09. The van der Waals surface area contributed by atoms with Crippen molar-refractivity contribution < 1.29 is 4.57 Å². The molecule has 2 nitrogen and oxygen atoms in total. The number of aryl methyl sites for hydroxylation is 1. The van der Waals surface area contributed by atoms with Gasteiger partial charge in [-0.1, -0.05) is 37.3 Å². The lowest BCUT2D eigenvalue weighted by Crippen LogP contribution is -2.31. The van der Waals surface area contributed by atoms with Gasteiger partial charge in [-0.05, 0) is 5.56 Å². The minimum Gasteiger partial charge on any atom is -0.248 e. The SMILES string of the molecule is CCc1c[n+](Cc2ccccc2)c[nH]1. The molecular weight excluding hydrogens is 172 g/mol. The predicted octanol–water partition coefficient (Wildman–Crippen LogP) is 1.91. The molecule has 0 unspecified atom stereocenters. The molecule has 72 valence electrons. The second-order valence-corrected chi connectivity index (χ2v) is 3.44. The number of H-pyrrole nitrogens is 1. The Kier molecular flexibility index (Phi) is 2.63. The lowest BCUT2D eigenvalue weighted by molar-refractivity contribution is -0.687. The molecule has 0 radical (unpaired) electrons. The standard InChI is InChI=1S/C12H14N2/c1-2-12-9-14(10-13-12)8-11-6-4-3-5-7-11/h3-7,9-10H,2,8H2,1H3/p+1. The molecule has 0 bridgehead atoms. The van der Waals surface area contributed by atoms with Crippen molar-refractivity contribution >= 4 is 0 Å². The van der Waals surface area contributed by atoms with Crippen LogP contribution in [0.25, 0.3) is 0 Å². The van der Waals surface area contributed by atoms with E-state index in [-0.39, 0.29) is 0 Å². The van der Waals surface area contributed by atoms with Crippen molar-refractivity contribution in [2.24, 2.45) is 0 Å². The quantitative estimate of drug-likeness (QED) is 0.708. The number of nitrogens with one attached hydrogen (secondary N) is 1. The van der Waals surface area contributed by atoms with E-state index in [9.17, 15) is 0 Å². The van der Waals surface area contributed by atoms with Gasteiger partial charge in [-0.3, -0.25) is 0 Å². The van der Waals surface area contributed by atoms with E-state index >= 15 is 0 Å². The van der Waals surface area contributed by atoms with Crippen LogP contribution in [0.3, 0.4) is 0 Å². The fourth-order valence-corrected chi connectivity index (χ4v) is 1.52. The summed E-state index contributed by atoms with van der Waals surface area (Å²) in [6.45, 7) is 3.09. The molecule has 0 aliphatic rings. The minimum absolute atomic E-state index is 0.942. The lowest BCUT2D eigenvalue weighted by Gasteiger charge is -1.95. The van der Waals surface area contributed by atoms with Crippen molar-refractivity contribution in [3.05, 3.63) is 54.1 Å². The minimum atomic E-state index is 0.942. The number of nitrogens with zero attached hydrogens (tertiary/aromatic N) is 1. The summed E-state index contributed by atoms with van der Waals surface area (Å²) in [4.78, 5) is 3.24. The Hall–Kier alpha value is -1.57. The van der Waals surface area contributed by atoms with Crippen LogP contribution in [-0.2, 0) is 13.0 Å². The van der Waals surface area contributed by atoms with Gasteiger partial charge in [0.05, 0.1) is 0 Å². The summed E-state index contributed by atoms with van der Waals surface area (Å²) in [5, 5.41) is 0. The Morgan fingerprint density at radius 3 is 2.64 bits per heavy atom. The maximum Gasteiger partial charge on any atom is 0.242 e. The topological polar surface area (TPSA) is 19.7 Å². The van der Waals surface area contributed by atoms with E-state index < -0.39 is 0 Å². The van der Waals surface area contributed by atoms with Gasteiger partial charge in [0.25, 0.3) is 0 Å². The fraction of sp³-hybridized carbons (Fsp3) is 0.250. The Bertz CT molecular complexity index is 390. The predicted molar refractivity (Wildman–Crippen MR) is 55.9 cm³/mol. The Labute approximate surface area is 84.2 Å². The van der Waals surface area contributed by atoms with E-state index in [1.54, 1.807) is 0 Å². The van der Waals surface area contributed by atoms with Crippen LogP contribution in [-0.4, -0.2) is 4.98 Å². The van der Waals surface area contributed by atoms with Crippen molar-refractivity contribution in [2.75, 3.05) is 0 Å². The van der Waals surface area contributed by atoms with Crippen LogP contribution in [0.4, 0.5) is 0 Å². The van der Waals surface area contributed by atoms with E-state index in [4.69, 9.17) is 0 Å². The van der Waals surface area contributed by atoms with Gasteiger partial charge in [0.15, 0.2) is 0 Å². The van der Waals surface area contributed by atoms with Crippen LogP contribution in [0.5, 0.6) is 0 Å². The molecule has 0 aliphatic heterocycles. The third-order valence-corrected chi connectivity index (χ3v) is 2.33. The van der Waals surface area contributed by atoms with Crippen LogP contribution in [0.2, 0.25) is 0 Å². The molecule has 0 amide bonds. The summed E-state index contributed by atoms with van der Waals surface area (Å²) in [5.74, 6) is 0. The molecule has 1 aromatic heterocycles. The number of rotatable bonds is 3. The summed E-state index contributed by atoms with van der Waals surface area (Å²) < 4.78 is 2.17. The first kappa shape index (κ1) is 9.00. The first-order chi connectivity index (χ1) is 6.88. The molecule has 0 saturated heterocycles. The molecule has 0 atom stereocenters. The summed E-state index contributed by atoms with van der Waals surface area (Å²) in [6, 6.07) is 10.5. The number of aromatic amines is 1. The van der Waals surface area contributed by atoms with Crippen molar-refractivity contribution in [3.63, 3.8) is 0 Å². The fourth-order valence-electron chi connectivity index (χ4n) is 1.52. The molecule has 2 rings (SSSR count). The zero-order valence-corrected chi connectivity index (χ0v) is 8.40. The summed E-state index contributed by atoms with van der Waals surface area (Å²) in [5.41, 5.74) is 2.61. The second-order valence-electron chi connectivity index (χ2n) is 3.44. The number of hydrogen-bond donors (Lipinski definition) is 1. The Morgan fingerprint density at radius 1 is 1.21 bits per heavy atom. The van der Waals surface area contributed by atoms with Gasteiger partial charge in [-0.15, -0.1) is 0 Å². The molecule has 0 saturated carbocycles. The Balaban J connectivity index is 2.11. The first-order valence-electron chi connectivity index (χ1n) is 4.98. The normalized spacial score (nSPS) is 10.4. The molecule has 0 aliphatic carbocycles. The molecule has 2 heteroatoms. The van der Waals surface area contributed by atoms with E-state index in [1.807, 2.05) is 12.4 Å². The highest BCUT2D eigenvalue weighted by Crippen LogP contribution is 1.98. The van der Waals surface area contributed by atoms with Gasteiger partial charge in [0.1, 0.15) is 18.4 Å². The zero-order valence-electron chi connectivity index (χ0n) is 8.40. The average molecular weight is 187 g/mol. The zero-order chi connectivity index (χ0) is 9.80. The molecule has 2 aromatic rings. The number of imidazole rings is 1. The van der Waals surface area contributed by atoms with Gasteiger partial charge in [0, 0.05) is 6.42 Å². The van der Waals surface area contributed by atoms with Gasteiger partial charge in [0.2, 0.25) is 6.33 Å². The van der Waals surface area contributed by atoms with E-state index in [1.165, 1.54) is 11.3 Å². The average Bonchev–Trinajstić information content (AvgIpc) is 2.67. The highest BCUT2D eigenvalue weighted by atomic mass is 15.0. The first-order valence-corrected chi connectivity index (χ1v) is 4.98. The van der Waals surface area contributed by atoms with Gasteiger partial charge in [-0.2, -0.15) is 0 Å². The van der Waals surface area contributed by atoms with Crippen molar-refractivity contribution in [2.45, 2.75) is 19.9 Å². The third kappa shape index (κ3) is 2.02. The van der Waals surface area contributed by atoms with Gasteiger partial charge >= 0.3 is 0 Å². The highest BCUT2D eigenvalue weighted by molar-refractivity contribution is 5.13. The van der Waals surface area contributed by atoms with Crippen LogP contribution < -0.4 is 4.57 Å². The molecule has 0 spiro atoms. The summed E-state index contributed by atoms with van der Waals surface area (Å²) in [7, 11) is 0. The summed E-state index contributed by atoms with van der Waals surface area (Å²) in [6.07, 6.45) is 5.24. The molecule has 1 N–H and O–H groups in total. The molecular formula is C12H15N2+. The van der Waals surface area contributed by atoms with Crippen LogP contribution in [0.1, 0.15) is 18.2 Å². The van der Waals surface area contributed by atoms with Gasteiger partial charge in [-0.25, -0.2) is 9.55 Å². The van der Waals surface area contributed by atoms with Crippen LogP contribution >= 0.6 is 0 Å². The smallest absolute Gasteiger partial charge is 0.242 e. The van der Waals surface area contributed by atoms with E-state index in [0.29, 0.717) is 0 Å². The molecule has 0 fully saturated rings. The van der Waals surface area contributed by atoms with Crippen LogP contribution in [0, 0.1) is 0 Å². The van der Waals surface area contributed by atoms with Crippen molar-refractivity contribution in [3.8, 4) is 0 Å². The van der Waals surface area contributed by atoms with E-state index in [2.05, 4.69) is 46.9 Å². The third-order valence-electron chi connectivity index (χ3n) is 2.33. The maximum absolute atomic E-state index is 3.24. The maximum atomic E-state index is 3.24. The monoisotopic (exact) mass is 187 g/mol. The molecule has 14 heavy (non-hydrogen) atoms. The number of benzene rings is 1. The van der Waals surface area contributed by atoms with E-state index in [0.717, 1.165) is 13.0 Å². The number of aromatic nitrogens is 2. The van der Waals surface area contributed by atoms with Crippen molar-refractivity contribution in [1.82, 2.24) is 4.98 Å².